The van der Waals surface area contributed by atoms with Crippen LogP contribution < -0.4 is 10.6 Å². The monoisotopic (exact) mass is 358 g/mol. The van der Waals surface area contributed by atoms with Gasteiger partial charge in [0, 0.05) is 30.9 Å². The first-order valence-electron chi connectivity index (χ1n) is 8.54. The second-order valence-electron chi connectivity index (χ2n) is 7.03. The average molecular weight is 358 g/mol. The molecule has 1 saturated heterocycles. The molecule has 136 valence electrons. The van der Waals surface area contributed by atoms with E-state index in [0.717, 1.165) is 12.8 Å². The number of benzene rings is 1. The van der Waals surface area contributed by atoms with E-state index in [-0.39, 0.29) is 11.2 Å². The number of aryl methyl sites for hydroxylation is 1. The van der Waals surface area contributed by atoms with Crippen molar-refractivity contribution >= 4 is 17.5 Å². The molecular weight excluding hydrogens is 338 g/mol. The van der Waals surface area contributed by atoms with E-state index in [4.69, 9.17) is 11.1 Å². The highest BCUT2D eigenvalue weighted by Gasteiger charge is 2.53. The van der Waals surface area contributed by atoms with Crippen LogP contribution in [0.5, 0.6) is 0 Å². The van der Waals surface area contributed by atoms with Gasteiger partial charge in [-0.15, -0.1) is 0 Å². The van der Waals surface area contributed by atoms with Gasteiger partial charge in [0.05, 0.1) is 17.9 Å². The summed E-state index contributed by atoms with van der Waals surface area (Å²) in [4.78, 5) is 12.2. The zero-order valence-electron chi connectivity index (χ0n) is 14.5. The second-order valence-corrected chi connectivity index (χ2v) is 7.03. The average Bonchev–Trinajstić information content (AvgIpc) is 3.34. The fourth-order valence-corrected chi connectivity index (χ4v) is 3.77. The summed E-state index contributed by atoms with van der Waals surface area (Å²) in [5.41, 5.74) is 7.36. The van der Waals surface area contributed by atoms with Crippen LogP contribution in [0.1, 0.15) is 24.0 Å². The zero-order chi connectivity index (χ0) is 18.5. The van der Waals surface area contributed by atoms with Crippen molar-refractivity contribution in [2.45, 2.75) is 25.3 Å². The smallest absolute Gasteiger partial charge is 0.225 e. The molecule has 2 fully saturated rings. The van der Waals surface area contributed by atoms with E-state index in [9.17, 15) is 8.78 Å². The van der Waals surface area contributed by atoms with E-state index in [2.05, 4.69) is 14.9 Å². The molecule has 26 heavy (non-hydrogen) atoms. The molecule has 0 amide bonds. The SMILES string of the molecule is Cc1cc(F)cc(N)c1C(=N)N1CCN(c2ncc(F)cn2)CC12CC2. The number of nitrogens with two attached hydrogens (primary N) is 1. The minimum absolute atomic E-state index is 0.166. The third-order valence-corrected chi connectivity index (χ3v) is 5.21. The van der Waals surface area contributed by atoms with E-state index in [1.54, 1.807) is 6.92 Å². The Morgan fingerprint density at radius 2 is 1.85 bits per heavy atom. The molecular formula is C18H20F2N6. The Kier molecular flexibility index (Phi) is 3.78. The molecule has 1 aliphatic carbocycles. The molecule has 0 atom stereocenters. The van der Waals surface area contributed by atoms with Crippen LogP contribution in [0.2, 0.25) is 0 Å². The van der Waals surface area contributed by atoms with Gasteiger partial charge in [-0.3, -0.25) is 5.41 Å². The number of piperazine rings is 1. The molecule has 2 aliphatic rings. The number of hydrogen-bond acceptors (Lipinski definition) is 5. The highest BCUT2D eigenvalue weighted by atomic mass is 19.1. The molecule has 2 aromatic rings. The lowest BCUT2D eigenvalue weighted by molar-refractivity contribution is 0.257. The number of rotatable bonds is 2. The number of nitrogens with one attached hydrogen (secondary N) is 1. The van der Waals surface area contributed by atoms with Crippen molar-refractivity contribution in [3.63, 3.8) is 0 Å². The van der Waals surface area contributed by atoms with Gasteiger partial charge in [-0.1, -0.05) is 0 Å². The third-order valence-electron chi connectivity index (χ3n) is 5.21. The lowest BCUT2D eigenvalue weighted by Crippen LogP contribution is -2.57. The number of hydrogen-bond donors (Lipinski definition) is 2. The van der Waals surface area contributed by atoms with E-state index < -0.39 is 11.6 Å². The molecule has 3 N–H and O–H groups in total. The standard InChI is InChI=1S/C18H20F2N6/c1-11-6-12(19)7-14(21)15(11)16(22)26-5-4-25(10-18(26)2-3-18)17-23-8-13(20)9-24-17/h6-9,22H,2-5,10,21H2,1H3. The summed E-state index contributed by atoms with van der Waals surface area (Å²) in [5, 5.41) is 8.69. The summed E-state index contributed by atoms with van der Waals surface area (Å²) in [6.07, 6.45) is 4.23. The van der Waals surface area contributed by atoms with Crippen molar-refractivity contribution in [1.82, 2.24) is 14.9 Å². The predicted octanol–water partition coefficient (Wildman–Crippen LogP) is 2.33. The number of nitrogens with zero attached hydrogens (tertiary/aromatic N) is 4. The van der Waals surface area contributed by atoms with Crippen LogP contribution in [0.25, 0.3) is 0 Å². The first-order chi connectivity index (χ1) is 12.4. The summed E-state index contributed by atoms with van der Waals surface area (Å²) >= 11 is 0. The summed E-state index contributed by atoms with van der Waals surface area (Å²) in [6, 6.07) is 2.67. The van der Waals surface area contributed by atoms with Crippen molar-refractivity contribution in [1.29, 1.82) is 5.41 Å². The molecule has 1 saturated carbocycles. The fourth-order valence-electron chi connectivity index (χ4n) is 3.77. The minimum Gasteiger partial charge on any atom is -0.398 e. The van der Waals surface area contributed by atoms with Crippen LogP contribution in [0.3, 0.4) is 0 Å². The molecule has 0 bridgehead atoms. The molecule has 6 nitrogen and oxygen atoms in total. The van der Waals surface area contributed by atoms with Crippen LogP contribution in [0.15, 0.2) is 24.5 Å². The largest absolute Gasteiger partial charge is 0.398 e. The first kappa shape index (κ1) is 16.7. The summed E-state index contributed by atoms with van der Waals surface area (Å²) in [7, 11) is 0. The minimum atomic E-state index is -0.461. The Labute approximate surface area is 150 Å². The Balaban J connectivity index is 1.58. The number of amidine groups is 1. The molecule has 1 aliphatic heterocycles. The van der Waals surface area contributed by atoms with E-state index in [1.807, 2.05) is 4.90 Å². The van der Waals surface area contributed by atoms with Crippen molar-refractivity contribution in [3.8, 4) is 0 Å². The first-order valence-corrected chi connectivity index (χ1v) is 8.54. The Hall–Kier alpha value is -2.77. The Bertz CT molecular complexity index is 839. The summed E-state index contributed by atoms with van der Waals surface area (Å²) in [5.74, 6) is -0.0213. The van der Waals surface area contributed by atoms with Gasteiger partial charge in [0.2, 0.25) is 5.95 Å². The number of nitrogen functional groups attached to an aromatic ring is 1. The van der Waals surface area contributed by atoms with Crippen LogP contribution in [-0.2, 0) is 0 Å². The van der Waals surface area contributed by atoms with E-state index in [0.29, 0.717) is 42.5 Å². The van der Waals surface area contributed by atoms with Crippen LogP contribution in [0, 0.1) is 24.0 Å². The van der Waals surface area contributed by atoms with Gasteiger partial charge in [-0.2, -0.15) is 0 Å². The van der Waals surface area contributed by atoms with Gasteiger partial charge in [0.15, 0.2) is 5.82 Å². The topological polar surface area (TPSA) is 82.1 Å². The number of aromatic nitrogens is 2. The van der Waals surface area contributed by atoms with Crippen LogP contribution >= 0.6 is 0 Å². The molecule has 0 unspecified atom stereocenters. The highest BCUT2D eigenvalue weighted by Crippen LogP contribution is 2.45. The summed E-state index contributed by atoms with van der Waals surface area (Å²) in [6.45, 7) is 3.67. The Morgan fingerprint density at radius 3 is 2.46 bits per heavy atom. The maximum Gasteiger partial charge on any atom is 0.225 e. The molecule has 2 heterocycles. The molecule has 1 aromatic carbocycles. The number of halogens is 2. The van der Waals surface area contributed by atoms with Gasteiger partial charge in [-0.25, -0.2) is 18.7 Å². The zero-order valence-corrected chi connectivity index (χ0v) is 14.5. The van der Waals surface area contributed by atoms with Gasteiger partial charge in [-0.05, 0) is 37.5 Å². The summed E-state index contributed by atoms with van der Waals surface area (Å²) < 4.78 is 26.6. The van der Waals surface area contributed by atoms with Crippen molar-refractivity contribution < 1.29 is 8.78 Å². The normalized spacial score (nSPS) is 18.3. The molecule has 1 spiro atoms. The molecule has 1 aromatic heterocycles. The predicted molar refractivity (Wildman–Crippen MR) is 95.3 cm³/mol. The highest BCUT2D eigenvalue weighted by molar-refractivity contribution is 6.03. The van der Waals surface area contributed by atoms with Crippen molar-refractivity contribution in [2.24, 2.45) is 0 Å². The Morgan fingerprint density at radius 1 is 1.15 bits per heavy atom. The quantitative estimate of drug-likeness (QED) is 0.489. The van der Waals surface area contributed by atoms with Crippen molar-refractivity contribution in [2.75, 3.05) is 30.3 Å². The van der Waals surface area contributed by atoms with Gasteiger partial charge < -0.3 is 15.5 Å². The second kappa shape index (κ2) is 5.89. The lowest BCUT2D eigenvalue weighted by atomic mass is 10.0. The van der Waals surface area contributed by atoms with Crippen molar-refractivity contribution in [3.05, 3.63) is 47.3 Å². The maximum atomic E-state index is 13.5. The van der Waals surface area contributed by atoms with Crippen LogP contribution in [0.4, 0.5) is 20.4 Å². The van der Waals surface area contributed by atoms with Gasteiger partial charge in [0.25, 0.3) is 0 Å². The molecule has 8 heteroatoms. The van der Waals surface area contributed by atoms with E-state index >= 15 is 0 Å². The number of anilines is 2. The van der Waals surface area contributed by atoms with Gasteiger partial charge in [0.1, 0.15) is 11.7 Å². The maximum absolute atomic E-state index is 13.5. The third kappa shape index (κ3) is 2.75. The van der Waals surface area contributed by atoms with Crippen LogP contribution in [-0.4, -0.2) is 45.9 Å². The fraction of sp³-hybridized carbons (Fsp3) is 0.389. The lowest BCUT2D eigenvalue weighted by Gasteiger charge is -2.43. The molecule has 4 rings (SSSR count). The van der Waals surface area contributed by atoms with Gasteiger partial charge >= 0.3 is 0 Å². The van der Waals surface area contributed by atoms with E-state index in [1.165, 1.54) is 24.5 Å². The molecule has 0 radical (unpaired) electrons.